The van der Waals surface area contributed by atoms with Crippen LogP contribution in [0.15, 0.2) is 24.3 Å². The normalized spacial score (nSPS) is 21.4. The summed E-state index contributed by atoms with van der Waals surface area (Å²) in [7, 11) is 0. The van der Waals surface area contributed by atoms with E-state index in [1.165, 1.54) is 0 Å². The number of hydrogen-bond donors (Lipinski definition) is 0. The predicted octanol–water partition coefficient (Wildman–Crippen LogP) is 3.33. The maximum atomic E-state index is 12.6. The van der Waals surface area contributed by atoms with Crippen LogP contribution in [0, 0.1) is 6.92 Å². The molecule has 25 heavy (non-hydrogen) atoms. The highest BCUT2D eigenvalue weighted by atomic mass is 16.5. The van der Waals surface area contributed by atoms with Gasteiger partial charge < -0.3 is 9.47 Å². The van der Waals surface area contributed by atoms with Gasteiger partial charge in [0.05, 0.1) is 35.6 Å². The highest BCUT2D eigenvalue weighted by Gasteiger charge is 2.26. The fourth-order valence-electron chi connectivity index (χ4n) is 3.65. The van der Waals surface area contributed by atoms with Gasteiger partial charge >= 0.3 is 5.97 Å². The lowest BCUT2D eigenvalue weighted by Crippen LogP contribution is -2.45. The standard InChI is InChI=1S/C20H26N2O3/c1-5-24-20(23)19-15(4)16-8-6-7-9-17(16)21-18(19)12-22-10-13(2)25-14(3)11-22/h6-9,13-14H,5,10-12H2,1-4H3. The van der Waals surface area contributed by atoms with Crippen LogP contribution in [0.3, 0.4) is 0 Å². The molecule has 2 unspecified atom stereocenters. The summed E-state index contributed by atoms with van der Waals surface area (Å²) in [6.07, 6.45) is 0.354. The van der Waals surface area contributed by atoms with Gasteiger partial charge in [-0.3, -0.25) is 9.88 Å². The minimum absolute atomic E-state index is 0.177. The van der Waals surface area contributed by atoms with Crippen molar-refractivity contribution >= 4 is 16.9 Å². The molecule has 1 aliphatic heterocycles. The van der Waals surface area contributed by atoms with Crippen molar-refractivity contribution in [3.63, 3.8) is 0 Å². The third kappa shape index (κ3) is 3.83. The largest absolute Gasteiger partial charge is 0.462 e. The summed E-state index contributed by atoms with van der Waals surface area (Å²) < 4.78 is 11.1. The van der Waals surface area contributed by atoms with Crippen molar-refractivity contribution in [1.29, 1.82) is 0 Å². The van der Waals surface area contributed by atoms with Gasteiger partial charge in [0.25, 0.3) is 0 Å². The number of benzene rings is 1. The van der Waals surface area contributed by atoms with Gasteiger partial charge in [-0.2, -0.15) is 0 Å². The molecule has 3 rings (SSSR count). The molecule has 134 valence electrons. The Kier molecular flexibility index (Phi) is 5.35. The Balaban J connectivity index is 2.02. The van der Waals surface area contributed by atoms with Crippen LogP contribution in [0.2, 0.25) is 0 Å². The first-order chi connectivity index (χ1) is 12.0. The van der Waals surface area contributed by atoms with Crippen LogP contribution in [0.1, 0.15) is 42.4 Å². The number of hydrogen-bond acceptors (Lipinski definition) is 5. The zero-order valence-electron chi connectivity index (χ0n) is 15.4. The van der Waals surface area contributed by atoms with Crippen LogP contribution in [-0.2, 0) is 16.0 Å². The number of pyridine rings is 1. The van der Waals surface area contributed by atoms with E-state index in [0.717, 1.165) is 35.2 Å². The highest BCUT2D eigenvalue weighted by Crippen LogP contribution is 2.25. The van der Waals surface area contributed by atoms with E-state index >= 15 is 0 Å². The Hall–Kier alpha value is -1.98. The van der Waals surface area contributed by atoms with Crippen LogP contribution in [0.4, 0.5) is 0 Å². The quantitative estimate of drug-likeness (QED) is 0.798. The van der Waals surface area contributed by atoms with Crippen LogP contribution in [0.5, 0.6) is 0 Å². The van der Waals surface area contributed by atoms with Crippen LogP contribution < -0.4 is 0 Å². The molecule has 1 aliphatic rings. The summed E-state index contributed by atoms with van der Waals surface area (Å²) in [6, 6.07) is 7.94. The minimum atomic E-state index is -0.289. The molecule has 0 bridgehead atoms. The van der Waals surface area contributed by atoms with E-state index in [-0.39, 0.29) is 18.2 Å². The first kappa shape index (κ1) is 17.8. The van der Waals surface area contributed by atoms with Gasteiger partial charge in [-0.25, -0.2) is 4.79 Å². The number of aromatic nitrogens is 1. The molecule has 0 saturated carbocycles. The van der Waals surface area contributed by atoms with Gasteiger partial charge in [0.15, 0.2) is 0 Å². The molecule has 0 amide bonds. The van der Waals surface area contributed by atoms with Crippen LogP contribution in [-0.4, -0.2) is 47.8 Å². The Morgan fingerprint density at radius 3 is 2.64 bits per heavy atom. The summed E-state index contributed by atoms with van der Waals surface area (Å²) in [5.41, 5.74) is 3.24. The predicted molar refractivity (Wildman–Crippen MR) is 97.7 cm³/mol. The molecule has 0 spiro atoms. The Morgan fingerprint density at radius 2 is 1.96 bits per heavy atom. The molecule has 0 N–H and O–H groups in total. The van der Waals surface area contributed by atoms with Crippen molar-refractivity contribution in [2.24, 2.45) is 0 Å². The molecule has 1 fully saturated rings. The van der Waals surface area contributed by atoms with Crippen molar-refractivity contribution in [2.75, 3.05) is 19.7 Å². The number of carbonyl (C=O) groups excluding carboxylic acids is 1. The molecule has 5 heteroatoms. The summed E-state index contributed by atoms with van der Waals surface area (Å²) >= 11 is 0. The van der Waals surface area contributed by atoms with E-state index in [2.05, 4.69) is 18.7 Å². The second kappa shape index (κ2) is 7.50. The summed E-state index contributed by atoms with van der Waals surface area (Å²) in [5.74, 6) is -0.289. The molecule has 1 aromatic carbocycles. The zero-order valence-corrected chi connectivity index (χ0v) is 15.4. The van der Waals surface area contributed by atoms with Gasteiger partial charge in [0.1, 0.15) is 0 Å². The minimum Gasteiger partial charge on any atom is -0.462 e. The lowest BCUT2D eigenvalue weighted by Gasteiger charge is -2.35. The van der Waals surface area contributed by atoms with Gasteiger partial charge in [-0.1, -0.05) is 18.2 Å². The SMILES string of the molecule is CCOC(=O)c1c(CN2CC(C)OC(C)C2)nc2ccccc2c1C. The topological polar surface area (TPSA) is 51.7 Å². The van der Waals surface area contributed by atoms with Gasteiger partial charge in [-0.15, -0.1) is 0 Å². The highest BCUT2D eigenvalue weighted by molar-refractivity contribution is 5.98. The number of esters is 1. The number of para-hydroxylation sites is 1. The second-order valence-corrected chi connectivity index (χ2v) is 6.75. The van der Waals surface area contributed by atoms with E-state index in [1.807, 2.05) is 38.1 Å². The van der Waals surface area contributed by atoms with E-state index < -0.39 is 0 Å². The molecule has 2 aromatic rings. The lowest BCUT2D eigenvalue weighted by molar-refractivity contribution is -0.0708. The van der Waals surface area contributed by atoms with E-state index in [9.17, 15) is 4.79 Å². The molecule has 2 heterocycles. The number of nitrogens with zero attached hydrogens (tertiary/aromatic N) is 2. The Bertz CT molecular complexity index is 765. The second-order valence-electron chi connectivity index (χ2n) is 6.75. The molecule has 0 aliphatic carbocycles. The fourth-order valence-corrected chi connectivity index (χ4v) is 3.65. The van der Waals surface area contributed by atoms with Crippen LogP contribution >= 0.6 is 0 Å². The van der Waals surface area contributed by atoms with Crippen molar-refractivity contribution in [3.05, 3.63) is 41.1 Å². The molecule has 5 nitrogen and oxygen atoms in total. The zero-order chi connectivity index (χ0) is 18.0. The summed E-state index contributed by atoms with van der Waals surface area (Å²) in [4.78, 5) is 19.7. The summed E-state index contributed by atoms with van der Waals surface area (Å²) in [5, 5.41) is 0.998. The lowest BCUT2D eigenvalue weighted by atomic mass is 10.0. The van der Waals surface area contributed by atoms with Crippen molar-refractivity contribution in [1.82, 2.24) is 9.88 Å². The van der Waals surface area contributed by atoms with Crippen LogP contribution in [0.25, 0.3) is 10.9 Å². The van der Waals surface area contributed by atoms with E-state index in [0.29, 0.717) is 18.7 Å². The Labute approximate surface area is 148 Å². The van der Waals surface area contributed by atoms with Gasteiger partial charge in [0.2, 0.25) is 0 Å². The number of rotatable bonds is 4. The van der Waals surface area contributed by atoms with Crippen molar-refractivity contribution < 1.29 is 14.3 Å². The molecule has 1 saturated heterocycles. The van der Waals surface area contributed by atoms with Gasteiger partial charge in [0, 0.05) is 25.0 Å². The molecule has 1 aromatic heterocycles. The van der Waals surface area contributed by atoms with Crippen molar-refractivity contribution in [3.8, 4) is 0 Å². The average Bonchev–Trinajstić information content (AvgIpc) is 2.54. The number of ether oxygens (including phenoxy) is 2. The number of carbonyl (C=O) groups is 1. The first-order valence-corrected chi connectivity index (χ1v) is 8.92. The third-order valence-electron chi connectivity index (χ3n) is 4.58. The monoisotopic (exact) mass is 342 g/mol. The Morgan fingerprint density at radius 1 is 1.28 bits per heavy atom. The fraction of sp³-hybridized carbons (Fsp3) is 0.500. The number of aryl methyl sites for hydroxylation is 1. The number of morpholine rings is 1. The van der Waals surface area contributed by atoms with E-state index in [1.54, 1.807) is 0 Å². The summed E-state index contributed by atoms with van der Waals surface area (Å²) in [6.45, 7) is 10.6. The number of fused-ring (bicyclic) bond motifs is 1. The van der Waals surface area contributed by atoms with Crippen molar-refractivity contribution in [2.45, 2.75) is 46.4 Å². The molecular weight excluding hydrogens is 316 g/mol. The van der Waals surface area contributed by atoms with Gasteiger partial charge in [-0.05, 0) is 39.3 Å². The molecule has 2 atom stereocenters. The maximum Gasteiger partial charge on any atom is 0.340 e. The van der Waals surface area contributed by atoms with E-state index in [4.69, 9.17) is 14.5 Å². The third-order valence-corrected chi connectivity index (χ3v) is 4.58. The first-order valence-electron chi connectivity index (χ1n) is 8.92. The maximum absolute atomic E-state index is 12.6. The molecular formula is C20H26N2O3. The smallest absolute Gasteiger partial charge is 0.340 e. The molecule has 0 radical (unpaired) electrons. The average molecular weight is 342 g/mol.